The highest BCUT2D eigenvalue weighted by Crippen LogP contribution is 2.40. The van der Waals surface area contributed by atoms with Gasteiger partial charge >= 0.3 is 0 Å². The minimum atomic E-state index is -0.210. The van der Waals surface area contributed by atoms with Crippen molar-refractivity contribution in [2.45, 2.75) is 25.2 Å². The second-order valence-electron chi connectivity index (χ2n) is 4.72. The van der Waals surface area contributed by atoms with Crippen LogP contribution in [0.3, 0.4) is 0 Å². The van der Waals surface area contributed by atoms with Crippen molar-refractivity contribution < 1.29 is 4.79 Å². The summed E-state index contributed by atoms with van der Waals surface area (Å²) < 4.78 is 0. The third-order valence-electron chi connectivity index (χ3n) is 3.81. The summed E-state index contributed by atoms with van der Waals surface area (Å²) in [4.78, 5) is 14.4. The highest BCUT2D eigenvalue weighted by molar-refractivity contribution is 5.90. The summed E-state index contributed by atoms with van der Waals surface area (Å²) >= 11 is 0. The van der Waals surface area contributed by atoms with Crippen molar-refractivity contribution in [3.63, 3.8) is 0 Å². The van der Waals surface area contributed by atoms with Crippen LogP contribution in [0, 0.1) is 11.3 Å². The molecule has 2 aliphatic heterocycles. The predicted molar refractivity (Wildman–Crippen MR) is 65.0 cm³/mol. The van der Waals surface area contributed by atoms with Crippen LogP contribution in [-0.4, -0.2) is 18.9 Å². The van der Waals surface area contributed by atoms with Crippen LogP contribution in [0.15, 0.2) is 18.2 Å². The molecule has 17 heavy (non-hydrogen) atoms. The van der Waals surface area contributed by atoms with Crippen LogP contribution >= 0.6 is 0 Å². The molecular weight excluding hydrogens is 212 g/mol. The highest BCUT2D eigenvalue weighted by atomic mass is 16.1. The van der Waals surface area contributed by atoms with Gasteiger partial charge in [-0.2, -0.15) is 5.26 Å². The van der Waals surface area contributed by atoms with Crippen LogP contribution in [0.5, 0.6) is 0 Å². The molecule has 3 rings (SSSR count). The van der Waals surface area contributed by atoms with Crippen LogP contribution in [0.25, 0.3) is 0 Å². The molecule has 86 valence electrons. The summed E-state index contributed by atoms with van der Waals surface area (Å²) in [5.74, 6) is 0.00685. The fraction of sp³-hybridized carbons (Fsp3) is 0.429. The van der Waals surface area contributed by atoms with E-state index in [1.54, 1.807) is 0 Å². The Morgan fingerprint density at radius 3 is 3.00 bits per heavy atom. The Balaban J connectivity index is 2.15. The lowest BCUT2D eigenvalue weighted by atomic mass is 9.89. The smallest absolute Gasteiger partial charge is 0.143 e. The molecule has 1 atom stereocenters. The van der Waals surface area contributed by atoms with E-state index < -0.39 is 0 Å². The van der Waals surface area contributed by atoms with E-state index in [0.717, 1.165) is 25.1 Å². The van der Waals surface area contributed by atoms with Gasteiger partial charge in [-0.1, -0.05) is 18.2 Å². The second kappa shape index (κ2) is 3.89. The second-order valence-corrected chi connectivity index (χ2v) is 4.72. The third-order valence-corrected chi connectivity index (χ3v) is 3.81. The number of para-hydroxylation sites is 1. The molecule has 2 aliphatic rings. The average Bonchev–Trinajstić information content (AvgIpc) is 2.70. The van der Waals surface area contributed by atoms with E-state index in [2.05, 4.69) is 17.0 Å². The molecule has 0 saturated carbocycles. The Morgan fingerprint density at radius 2 is 2.18 bits per heavy atom. The summed E-state index contributed by atoms with van der Waals surface area (Å²) in [6.45, 7) is 1.82. The van der Waals surface area contributed by atoms with Gasteiger partial charge in [0.2, 0.25) is 0 Å². The number of carbonyl (C=O) groups is 1. The summed E-state index contributed by atoms with van der Waals surface area (Å²) in [5.41, 5.74) is 3.64. The summed E-state index contributed by atoms with van der Waals surface area (Å²) in [5, 5.41) is 8.89. The van der Waals surface area contributed by atoms with E-state index >= 15 is 0 Å². The topological polar surface area (TPSA) is 44.1 Å². The van der Waals surface area contributed by atoms with E-state index in [1.165, 1.54) is 11.3 Å². The Morgan fingerprint density at radius 1 is 1.35 bits per heavy atom. The number of ketones is 1. The number of nitriles is 1. The molecular formula is C14H14N2O. The quantitative estimate of drug-likeness (QED) is 0.735. The van der Waals surface area contributed by atoms with Crippen LogP contribution in [0.1, 0.15) is 29.9 Å². The summed E-state index contributed by atoms with van der Waals surface area (Å²) in [6.07, 6.45) is 1.94. The summed E-state index contributed by atoms with van der Waals surface area (Å²) in [7, 11) is 0. The first-order valence-electron chi connectivity index (χ1n) is 6.07. The highest BCUT2D eigenvalue weighted by Gasteiger charge is 2.32. The van der Waals surface area contributed by atoms with Crippen LogP contribution in [0.2, 0.25) is 0 Å². The molecule has 0 bridgehead atoms. The number of nitrogens with zero attached hydrogens (tertiary/aromatic N) is 2. The molecule has 0 amide bonds. The van der Waals surface area contributed by atoms with Gasteiger partial charge in [-0.15, -0.1) is 0 Å². The van der Waals surface area contributed by atoms with Crippen molar-refractivity contribution >= 4 is 11.5 Å². The van der Waals surface area contributed by atoms with Crippen molar-refractivity contribution in [2.24, 2.45) is 0 Å². The Kier molecular flexibility index (Phi) is 2.36. The van der Waals surface area contributed by atoms with E-state index in [9.17, 15) is 4.79 Å². The monoisotopic (exact) mass is 226 g/mol. The first-order valence-corrected chi connectivity index (χ1v) is 6.07. The fourth-order valence-corrected chi connectivity index (χ4v) is 2.98. The van der Waals surface area contributed by atoms with Crippen molar-refractivity contribution in [2.75, 3.05) is 18.0 Å². The predicted octanol–water partition coefficient (Wildman–Crippen LogP) is 2.02. The van der Waals surface area contributed by atoms with Gasteiger partial charge in [0.15, 0.2) is 0 Å². The molecule has 0 radical (unpaired) electrons. The molecule has 0 saturated heterocycles. The molecule has 3 nitrogen and oxygen atoms in total. The normalized spacial score (nSPS) is 21.9. The van der Waals surface area contributed by atoms with Crippen LogP contribution < -0.4 is 4.90 Å². The molecule has 0 aromatic heterocycles. The molecule has 0 N–H and O–H groups in total. The van der Waals surface area contributed by atoms with Gasteiger partial charge in [0.05, 0.1) is 12.0 Å². The third kappa shape index (κ3) is 1.52. The largest absolute Gasteiger partial charge is 0.370 e. The zero-order chi connectivity index (χ0) is 11.8. The Labute approximate surface area is 101 Å². The molecule has 0 spiro atoms. The lowest BCUT2D eigenvalue weighted by Crippen LogP contribution is -2.22. The molecule has 1 aromatic carbocycles. The number of rotatable bonds is 1. The van der Waals surface area contributed by atoms with E-state index in [1.807, 2.05) is 12.1 Å². The molecule has 3 heteroatoms. The average molecular weight is 226 g/mol. The van der Waals surface area contributed by atoms with Crippen molar-refractivity contribution in [1.29, 1.82) is 5.26 Å². The Hall–Kier alpha value is -1.82. The lowest BCUT2D eigenvalue weighted by molar-refractivity contribution is -0.120. The first kappa shape index (κ1) is 10.3. The number of hydrogen-bond acceptors (Lipinski definition) is 3. The molecule has 1 aromatic rings. The number of benzene rings is 1. The lowest BCUT2D eigenvalue weighted by Gasteiger charge is -2.19. The van der Waals surface area contributed by atoms with E-state index in [-0.39, 0.29) is 11.7 Å². The molecule has 0 fully saturated rings. The van der Waals surface area contributed by atoms with Gasteiger partial charge in [-0.3, -0.25) is 4.79 Å². The number of carbonyl (C=O) groups excluding carboxylic acids is 1. The fourth-order valence-electron chi connectivity index (χ4n) is 2.98. The zero-order valence-corrected chi connectivity index (χ0v) is 9.65. The van der Waals surface area contributed by atoms with Crippen molar-refractivity contribution in [1.82, 2.24) is 0 Å². The minimum Gasteiger partial charge on any atom is -0.370 e. The molecule has 1 unspecified atom stereocenters. The zero-order valence-electron chi connectivity index (χ0n) is 9.65. The number of Topliss-reactive ketones (excluding diaryl/α,β-unsaturated/α-hetero) is 1. The maximum absolute atomic E-state index is 12.1. The minimum absolute atomic E-state index is 0.210. The van der Waals surface area contributed by atoms with Gasteiger partial charge < -0.3 is 4.90 Å². The first-order chi connectivity index (χ1) is 8.31. The maximum Gasteiger partial charge on any atom is 0.143 e. The SMILES string of the molecule is N#CCC1C(=O)CCN2CCc3cccc1c32. The van der Waals surface area contributed by atoms with Gasteiger partial charge in [-0.25, -0.2) is 0 Å². The van der Waals surface area contributed by atoms with Gasteiger partial charge in [0, 0.05) is 31.6 Å². The standard InChI is InChI=1S/C14H14N2O/c15-7-4-11-12-3-1-2-10-5-8-16(14(10)12)9-6-13(11)17/h1-3,11H,4-6,8-9H2. The van der Waals surface area contributed by atoms with Crippen molar-refractivity contribution in [3.05, 3.63) is 29.3 Å². The molecule has 2 heterocycles. The number of anilines is 1. The van der Waals surface area contributed by atoms with E-state index in [0.29, 0.717) is 12.8 Å². The van der Waals surface area contributed by atoms with Crippen LogP contribution in [-0.2, 0) is 11.2 Å². The van der Waals surface area contributed by atoms with Crippen molar-refractivity contribution in [3.8, 4) is 6.07 Å². The van der Waals surface area contributed by atoms with Gasteiger partial charge in [-0.05, 0) is 17.5 Å². The number of hydrogen-bond donors (Lipinski definition) is 0. The van der Waals surface area contributed by atoms with Crippen LogP contribution in [0.4, 0.5) is 5.69 Å². The summed E-state index contributed by atoms with van der Waals surface area (Å²) in [6, 6.07) is 8.32. The van der Waals surface area contributed by atoms with Gasteiger partial charge in [0.25, 0.3) is 0 Å². The Bertz CT molecular complexity index is 515. The van der Waals surface area contributed by atoms with Gasteiger partial charge in [0.1, 0.15) is 5.78 Å². The maximum atomic E-state index is 12.1. The molecule has 0 aliphatic carbocycles. The van der Waals surface area contributed by atoms with E-state index in [4.69, 9.17) is 5.26 Å².